The number of benzene rings is 3. The SMILES string of the molecule is Cc1cccc(NC(=O)c2ccc(OCCc3ccccc3)c(Br)c2)c1C. The molecule has 3 aromatic carbocycles. The Morgan fingerprint density at radius 1 is 1.00 bits per heavy atom. The molecule has 1 amide bonds. The van der Waals surface area contributed by atoms with E-state index in [0.717, 1.165) is 33.5 Å². The van der Waals surface area contributed by atoms with E-state index in [4.69, 9.17) is 4.74 Å². The van der Waals surface area contributed by atoms with Gasteiger partial charge in [0.05, 0.1) is 11.1 Å². The highest BCUT2D eigenvalue weighted by molar-refractivity contribution is 9.10. The van der Waals surface area contributed by atoms with E-state index in [-0.39, 0.29) is 5.91 Å². The zero-order valence-corrected chi connectivity index (χ0v) is 17.0. The molecule has 0 aromatic heterocycles. The van der Waals surface area contributed by atoms with Crippen LogP contribution in [0.3, 0.4) is 0 Å². The quantitative estimate of drug-likeness (QED) is 0.532. The monoisotopic (exact) mass is 423 g/mol. The first kappa shape index (κ1) is 19.2. The van der Waals surface area contributed by atoms with E-state index in [2.05, 4.69) is 33.4 Å². The van der Waals surface area contributed by atoms with Crippen molar-refractivity contribution >= 4 is 27.5 Å². The molecule has 3 aromatic rings. The minimum atomic E-state index is -0.139. The van der Waals surface area contributed by atoms with Gasteiger partial charge in [0.1, 0.15) is 5.75 Å². The number of halogens is 1. The van der Waals surface area contributed by atoms with Crippen molar-refractivity contribution < 1.29 is 9.53 Å². The first-order chi connectivity index (χ1) is 13.0. The van der Waals surface area contributed by atoms with Gasteiger partial charge in [-0.1, -0.05) is 42.5 Å². The summed E-state index contributed by atoms with van der Waals surface area (Å²) in [7, 11) is 0. The number of ether oxygens (including phenoxy) is 1. The maximum atomic E-state index is 12.6. The second-order valence-electron chi connectivity index (χ2n) is 6.43. The van der Waals surface area contributed by atoms with Crippen LogP contribution in [0.5, 0.6) is 5.75 Å². The number of amides is 1. The summed E-state index contributed by atoms with van der Waals surface area (Å²) >= 11 is 3.51. The molecule has 0 fully saturated rings. The normalized spacial score (nSPS) is 10.5. The minimum Gasteiger partial charge on any atom is -0.492 e. The molecule has 0 atom stereocenters. The van der Waals surface area contributed by atoms with Crippen molar-refractivity contribution in [2.24, 2.45) is 0 Å². The van der Waals surface area contributed by atoms with Crippen LogP contribution in [0.25, 0.3) is 0 Å². The molecule has 0 saturated carbocycles. The summed E-state index contributed by atoms with van der Waals surface area (Å²) < 4.78 is 6.62. The lowest BCUT2D eigenvalue weighted by Crippen LogP contribution is -2.13. The van der Waals surface area contributed by atoms with Gasteiger partial charge in [0.2, 0.25) is 0 Å². The highest BCUT2D eigenvalue weighted by Gasteiger charge is 2.11. The molecule has 0 radical (unpaired) electrons. The number of hydrogen-bond donors (Lipinski definition) is 1. The molecule has 0 aliphatic heterocycles. The van der Waals surface area contributed by atoms with Gasteiger partial charge in [-0.3, -0.25) is 4.79 Å². The van der Waals surface area contributed by atoms with Crippen LogP contribution in [-0.4, -0.2) is 12.5 Å². The lowest BCUT2D eigenvalue weighted by Gasteiger charge is -2.12. The highest BCUT2D eigenvalue weighted by atomic mass is 79.9. The molecule has 0 aliphatic carbocycles. The second-order valence-corrected chi connectivity index (χ2v) is 7.29. The Hall–Kier alpha value is -2.59. The first-order valence-corrected chi connectivity index (χ1v) is 9.68. The highest BCUT2D eigenvalue weighted by Crippen LogP contribution is 2.27. The minimum absolute atomic E-state index is 0.139. The lowest BCUT2D eigenvalue weighted by molar-refractivity contribution is 0.102. The Kier molecular flexibility index (Phi) is 6.30. The largest absolute Gasteiger partial charge is 0.492 e. The molecule has 138 valence electrons. The predicted molar refractivity (Wildman–Crippen MR) is 114 cm³/mol. The predicted octanol–water partition coefficient (Wildman–Crippen LogP) is 5.94. The molecule has 27 heavy (non-hydrogen) atoms. The van der Waals surface area contributed by atoms with Crippen molar-refractivity contribution in [3.8, 4) is 5.75 Å². The third-order valence-electron chi connectivity index (χ3n) is 4.54. The third-order valence-corrected chi connectivity index (χ3v) is 5.16. The topological polar surface area (TPSA) is 38.3 Å². The van der Waals surface area contributed by atoms with Crippen molar-refractivity contribution in [3.05, 3.63) is 93.5 Å². The zero-order chi connectivity index (χ0) is 19.2. The van der Waals surface area contributed by atoms with Crippen LogP contribution in [0.4, 0.5) is 5.69 Å². The second kappa shape index (κ2) is 8.87. The fourth-order valence-corrected chi connectivity index (χ4v) is 3.26. The Bertz CT molecular complexity index is 938. The van der Waals surface area contributed by atoms with Crippen LogP contribution in [0.2, 0.25) is 0 Å². The van der Waals surface area contributed by atoms with Gasteiger partial charge in [-0.25, -0.2) is 0 Å². The van der Waals surface area contributed by atoms with Crippen LogP contribution in [-0.2, 0) is 6.42 Å². The molecular weight excluding hydrogens is 402 g/mol. The summed E-state index contributed by atoms with van der Waals surface area (Å²) in [6.07, 6.45) is 0.835. The van der Waals surface area contributed by atoms with Crippen molar-refractivity contribution in [3.63, 3.8) is 0 Å². The zero-order valence-electron chi connectivity index (χ0n) is 15.5. The van der Waals surface area contributed by atoms with E-state index >= 15 is 0 Å². The maximum absolute atomic E-state index is 12.6. The summed E-state index contributed by atoms with van der Waals surface area (Å²) in [4.78, 5) is 12.6. The Morgan fingerprint density at radius 3 is 2.52 bits per heavy atom. The molecule has 4 heteroatoms. The summed E-state index contributed by atoms with van der Waals surface area (Å²) in [5.41, 5.74) is 4.87. The lowest BCUT2D eigenvalue weighted by atomic mass is 10.1. The van der Waals surface area contributed by atoms with Crippen molar-refractivity contribution in [2.75, 3.05) is 11.9 Å². The maximum Gasteiger partial charge on any atom is 0.255 e. The van der Waals surface area contributed by atoms with Crippen LogP contribution in [0.1, 0.15) is 27.0 Å². The summed E-state index contributed by atoms with van der Waals surface area (Å²) in [5, 5.41) is 2.98. The Morgan fingerprint density at radius 2 is 1.78 bits per heavy atom. The summed E-state index contributed by atoms with van der Waals surface area (Å²) in [5.74, 6) is 0.592. The van der Waals surface area contributed by atoms with Crippen LogP contribution < -0.4 is 10.1 Å². The molecule has 0 heterocycles. The molecule has 3 nitrogen and oxygen atoms in total. The van der Waals surface area contributed by atoms with Gasteiger partial charge in [0, 0.05) is 17.7 Å². The number of rotatable bonds is 6. The van der Waals surface area contributed by atoms with Crippen LogP contribution in [0.15, 0.2) is 71.2 Å². The van der Waals surface area contributed by atoms with Crippen LogP contribution >= 0.6 is 15.9 Å². The molecule has 0 bridgehead atoms. The van der Waals surface area contributed by atoms with Gasteiger partial charge in [0.15, 0.2) is 0 Å². The summed E-state index contributed by atoms with van der Waals surface area (Å²) in [6.45, 7) is 4.62. The van der Waals surface area contributed by atoms with Crippen molar-refractivity contribution in [1.29, 1.82) is 0 Å². The molecule has 0 spiro atoms. The Balaban J connectivity index is 1.63. The Labute approximate surface area is 168 Å². The van der Waals surface area contributed by atoms with Gasteiger partial charge in [-0.05, 0) is 70.7 Å². The molecule has 1 N–H and O–H groups in total. The summed E-state index contributed by atoms with van der Waals surface area (Å²) in [6, 6.07) is 21.5. The fraction of sp³-hybridized carbons (Fsp3) is 0.174. The van der Waals surface area contributed by atoms with E-state index in [1.54, 1.807) is 12.1 Å². The number of carbonyl (C=O) groups excluding carboxylic acids is 1. The van der Waals surface area contributed by atoms with Gasteiger partial charge in [0.25, 0.3) is 5.91 Å². The molecule has 0 saturated heterocycles. The van der Waals surface area contributed by atoms with Crippen molar-refractivity contribution in [2.45, 2.75) is 20.3 Å². The van der Waals surface area contributed by atoms with E-state index < -0.39 is 0 Å². The average molecular weight is 424 g/mol. The molecular formula is C23H22BrNO2. The van der Waals surface area contributed by atoms with Gasteiger partial charge in [-0.15, -0.1) is 0 Å². The smallest absolute Gasteiger partial charge is 0.255 e. The van der Waals surface area contributed by atoms with Crippen LogP contribution in [0, 0.1) is 13.8 Å². The number of nitrogens with one attached hydrogen (secondary N) is 1. The van der Waals surface area contributed by atoms with Gasteiger partial charge in [-0.2, -0.15) is 0 Å². The third kappa shape index (κ3) is 4.98. The van der Waals surface area contributed by atoms with Gasteiger partial charge < -0.3 is 10.1 Å². The standard InChI is InChI=1S/C23H22BrNO2/c1-16-7-6-10-21(17(16)2)25-23(26)19-11-12-22(20(24)15-19)27-14-13-18-8-4-3-5-9-18/h3-12,15H,13-14H2,1-2H3,(H,25,26). The number of aryl methyl sites for hydroxylation is 1. The molecule has 0 aliphatic rings. The molecule has 3 rings (SSSR count). The van der Waals surface area contributed by atoms with E-state index in [9.17, 15) is 4.79 Å². The first-order valence-electron chi connectivity index (χ1n) is 8.88. The number of carbonyl (C=O) groups is 1. The number of anilines is 1. The molecule has 0 unspecified atom stereocenters. The van der Waals surface area contributed by atoms with Gasteiger partial charge >= 0.3 is 0 Å². The fourth-order valence-electron chi connectivity index (χ4n) is 2.76. The van der Waals surface area contributed by atoms with E-state index in [0.29, 0.717) is 12.2 Å². The average Bonchev–Trinajstić information content (AvgIpc) is 2.67. The number of hydrogen-bond acceptors (Lipinski definition) is 2. The van der Waals surface area contributed by atoms with E-state index in [1.165, 1.54) is 5.56 Å². The van der Waals surface area contributed by atoms with Crippen molar-refractivity contribution in [1.82, 2.24) is 0 Å². The van der Waals surface area contributed by atoms with E-state index in [1.807, 2.05) is 56.3 Å².